The molecule has 148 valence electrons. The maximum absolute atomic E-state index is 13.2. The smallest absolute Gasteiger partial charge is 0.408 e. The summed E-state index contributed by atoms with van der Waals surface area (Å²) in [7, 11) is 0. The van der Waals surface area contributed by atoms with E-state index in [0.29, 0.717) is 0 Å². The lowest BCUT2D eigenvalue weighted by molar-refractivity contribution is -0.119. The van der Waals surface area contributed by atoms with E-state index in [1.807, 2.05) is 6.07 Å². The third kappa shape index (κ3) is 6.88. The van der Waals surface area contributed by atoms with Crippen LogP contribution in [0.25, 0.3) is 0 Å². The molecule has 2 aromatic carbocycles. The zero-order valence-electron chi connectivity index (χ0n) is 14.8. The Labute approximate surface area is 166 Å². The molecule has 0 unspecified atom stereocenters. The van der Waals surface area contributed by atoms with E-state index in [4.69, 9.17) is 22.1 Å². The zero-order chi connectivity index (χ0) is 20.5. The number of ether oxygens (including phenoxy) is 1. The molecule has 28 heavy (non-hydrogen) atoms. The van der Waals surface area contributed by atoms with Crippen LogP contribution in [0.5, 0.6) is 0 Å². The van der Waals surface area contributed by atoms with E-state index in [1.165, 1.54) is 12.1 Å². The molecule has 0 aliphatic heterocycles. The van der Waals surface area contributed by atoms with E-state index >= 15 is 0 Å². The molecule has 0 saturated heterocycles. The molecule has 4 N–H and O–H groups in total. The second kappa shape index (κ2) is 10.3. The van der Waals surface area contributed by atoms with Crippen LogP contribution in [0.1, 0.15) is 18.4 Å². The lowest BCUT2D eigenvalue weighted by Crippen LogP contribution is -2.44. The van der Waals surface area contributed by atoms with Crippen LogP contribution in [0.2, 0.25) is 5.02 Å². The van der Waals surface area contributed by atoms with Gasteiger partial charge in [0.1, 0.15) is 18.5 Å². The van der Waals surface area contributed by atoms with Gasteiger partial charge in [-0.15, -0.1) is 0 Å². The molecular formula is C19H19ClFN3O4. The van der Waals surface area contributed by atoms with Crippen molar-refractivity contribution in [1.82, 2.24) is 5.32 Å². The lowest BCUT2D eigenvalue weighted by atomic mass is 10.1. The van der Waals surface area contributed by atoms with Crippen LogP contribution in [-0.2, 0) is 20.9 Å². The Morgan fingerprint density at radius 3 is 2.50 bits per heavy atom. The number of benzene rings is 2. The van der Waals surface area contributed by atoms with Gasteiger partial charge in [-0.1, -0.05) is 41.9 Å². The van der Waals surface area contributed by atoms with Crippen molar-refractivity contribution < 1.29 is 23.5 Å². The van der Waals surface area contributed by atoms with Crippen molar-refractivity contribution in [3.8, 4) is 0 Å². The lowest BCUT2D eigenvalue weighted by Gasteiger charge is -2.18. The maximum atomic E-state index is 13.2. The quantitative estimate of drug-likeness (QED) is 0.624. The van der Waals surface area contributed by atoms with Crippen molar-refractivity contribution in [2.45, 2.75) is 25.5 Å². The van der Waals surface area contributed by atoms with Crippen molar-refractivity contribution in [3.05, 3.63) is 64.9 Å². The van der Waals surface area contributed by atoms with Crippen molar-refractivity contribution >= 4 is 35.2 Å². The van der Waals surface area contributed by atoms with Gasteiger partial charge in [-0.25, -0.2) is 9.18 Å². The SMILES string of the molecule is NC(=O)CC[C@H](NC(=O)OCc1ccccc1)C(=O)Nc1ccc(F)c(Cl)c1. The number of anilines is 1. The first-order valence-electron chi connectivity index (χ1n) is 8.36. The molecule has 0 fully saturated rings. The highest BCUT2D eigenvalue weighted by Gasteiger charge is 2.22. The van der Waals surface area contributed by atoms with Crippen LogP contribution in [0.3, 0.4) is 0 Å². The van der Waals surface area contributed by atoms with Crippen LogP contribution < -0.4 is 16.4 Å². The Bertz CT molecular complexity index is 848. The number of halogens is 2. The molecule has 0 saturated carbocycles. The predicted molar refractivity (Wildman–Crippen MR) is 102 cm³/mol. The van der Waals surface area contributed by atoms with Gasteiger partial charge < -0.3 is 21.1 Å². The Morgan fingerprint density at radius 1 is 1.14 bits per heavy atom. The Morgan fingerprint density at radius 2 is 1.86 bits per heavy atom. The summed E-state index contributed by atoms with van der Waals surface area (Å²) < 4.78 is 18.3. The van der Waals surface area contributed by atoms with Gasteiger partial charge in [0.2, 0.25) is 11.8 Å². The largest absolute Gasteiger partial charge is 0.445 e. The van der Waals surface area contributed by atoms with Gasteiger partial charge in [0.15, 0.2) is 0 Å². The number of hydrogen-bond donors (Lipinski definition) is 3. The van der Waals surface area contributed by atoms with Gasteiger partial charge in [0.05, 0.1) is 5.02 Å². The third-order valence-electron chi connectivity index (χ3n) is 3.69. The van der Waals surface area contributed by atoms with E-state index < -0.39 is 29.8 Å². The van der Waals surface area contributed by atoms with E-state index in [-0.39, 0.29) is 30.2 Å². The second-order valence-electron chi connectivity index (χ2n) is 5.88. The van der Waals surface area contributed by atoms with E-state index in [1.54, 1.807) is 24.3 Å². The van der Waals surface area contributed by atoms with Gasteiger partial charge >= 0.3 is 6.09 Å². The molecule has 0 bridgehead atoms. The molecule has 0 aliphatic carbocycles. The van der Waals surface area contributed by atoms with Gasteiger partial charge in [-0.3, -0.25) is 9.59 Å². The van der Waals surface area contributed by atoms with Crippen LogP contribution in [0, 0.1) is 5.82 Å². The van der Waals surface area contributed by atoms with Crippen LogP contribution in [0.15, 0.2) is 48.5 Å². The Balaban J connectivity index is 1.98. The highest BCUT2D eigenvalue weighted by Crippen LogP contribution is 2.19. The monoisotopic (exact) mass is 407 g/mol. The molecule has 7 nitrogen and oxygen atoms in total. The Kier molecular flexibility index (Phi) is 7.76. The van der Waals surface area contributed by atoms with Crippen molar-refractivity contribution in [1.29, 1.82) is 0 Å². The molecule has 0 spiro atoms. The number of hydrogen-bond acceptors (Lipinski definition) is 4. The predicted octanol–water partition coefficient (Wildman–Crippen LogP) is 2.98. The number of nitrogens with two attached hydrogens (primary N) is 1. The molecule has 9 heteroatoms. The number of carbonyl (C=O) groups is 3. The van der Waals surface area contributed by atoms with E-state index in [9.17, 15) is 18.8 Å². The molecule has 0 aliphatic rings. The molecule has 2 rings (SSSR count). The number of nitrogens with one attached hydrogen (secondary N) is 2. The molecule has 0 heterocycles. The molecule has 0 radical (unpaired) electrons. The maximum Gasteiger partial charge on any atom is 0.408 e. The summed E-state index contributed by atoms with van der Waals surface area (Å²) in [6.07, 6.45) is -0.983. The fourth-order valence-corrected chi connectivity index (χ4v) is 2.45. The molecule has 2 aromatic rings. The first-order valence-corrected chi connectivity index (χ1v) is 8.74. The summed E-state index contributed by atoms with van der Waals surface area (Å²) in [5.74, 6) is -1.88. The summed E-state index contributed by atoms with van der Waals surface area (Å²) >= 11 is 5.69. The van der Waals surface area contributed by atoms with Crippen LogP contribution >= 0.6 is 11.6 Å². The summed E-state index contributed by atoms with van der Waals surface area (Å²) in [6.45, 7) is 0.0183. The summed E-state index contributed by atoms with van der Waals surface area (Å²) in [5, 5.41) is 4.74. The standard InChI is InChI=1S/C19H19ClFN3O4/c20-14-10-13(6-7-15(14)21)23-18(26)16(8-9-17(22)25)24-19(27)28-11-12-4-2-1-3-5-12/h1-7,10,16H,8-9,11H2,(H2,22,25)(H,23,26)(H,24,27)/t16-/m0/s1. The van der Waals surface area contributed by atoms with Crippen LogP contribution in [0.4, 0.5) is 14.9 Å². The minimum Gasteiger partial charge on any atom is -0.445 e. The van der Waals surface area contributed by atoms with Crippen LogP contribution in [-0.4, -0.2) is 23.9 Å². The summed E-state index contributed by atoms with van der Waals surface area (Å²) in [4.78, 5) is 35.5. The average molecular weight is 408 g/mol. The first-order chi connectivity index (χ1) is 13.3. The minimum atomic E-state index is -1.08. The highest BCUT2D eigenvalue weighted by molar-refractivity contribution is 6.31. The number of amides is 3. The summed E-state index contributed by atoms with van der Waals surface area (Å²) in [5.41, 5.74) is 6.13. The number of primary amides is 1. The average Bonchev–Trinajstić information content (AvgIpc) is 2.67. The Hall–Kier alpha value is -3.13. The van der Waals surface area contributed by atoms with Gasteiger partial charge in [-0.05, 0) is 30.2 Å². The molecule has 1 atom stereocenters. The molecule has 3 amide bonds. The van der Waals surface area contributed by atoms with Gasteiger partial charge in [0, 0.05) is 12.1 Å². The molecule has 0 aromatic heterocycles. The fraction of sp³-hybridized carbons (Fsp3) is 0.211. The van der Waals surface area contributed by atoms with Crippen molar-refractivity contribution in [3.63, 3.8) is 0 Å². The first kappa shape index (κ1) is 21.2. The van der Waals surface area contributed by atoms with Crippen molar-refractivity contribution in [2.24, 2.45) is 5.73 Å². The number of carbonyl (C=O) groups excluding carboxylic acids is 3. The highest BCUT2D eigenvalue weighted by atomic mass is 35.5. The summed E-state index contributed by atoms with van der Waals surface area (Å²) in [6, 6.07) is 11.5. The topological polar surface area (TPSA) is 111 Å². The van der Waals surface area contributed by atoms with E-state index in [2.05, 4.69) is 10.6 Å². The zero-order valence-corrected chi connectivity index (χ0v) is 15.5. The second-order valence-corrected chi connectivity index (χ2v) is 6.29. The third-order valence-corrected chi connectivity index (χ3v) is 3.98. The minimum absolute atomic E-state index is 0.0183. The molecular weight excluding hydrogens is 389 g/mol. The van der Waals surface area contributed by atoms with Crippen molar-refractivity contribution in [2.75, 3.05) is 5.32 Å². The normalized spacial score (nSPS) is 11.4. The number of alkyl carbamates (subject to hydrolysis) is 1. The van der Waals surface area contributed by atoms with E-state index in [0.717, 1.165) is 11.6 Å². The van der Waals surface area contributed by atoms with Gasteiger partial charge in [0.25, 0.3) is 0 Å². The fourth-order valence-electron chi connectivity index (χ4n) is 2.27. The number of rotatable bonds is 8. The van der Waals surface area contributed by atoms with Gasteiger partial charge in [-0.2, -0.15) is 0 Å².